The molecule has 2 aromatic rings. The molecule has 2 N–H and O–H groups in total. The lowest BCUT2D eigenvalue weighted by atomic mass is 10.0. The second-order valence-corrected chi connectivity index (χ2v) is 5.37. The molecule has 1 fully saturated rings. The SMILES string of the molecule is Cc1coc(-c2cccc(NC(=O)C3CCCCN3)c2)n1.Cl. The summed E-state index contributed by atoms with van der Waals surface area (Å²) in [6.45, 7) is 2.79. The highest BCUT2D eigenvalue weighted by Gasteiger charge is 2.20. The molecule has 0 radical (unpaired) electrons. The number of hydrogen-bond donors (Lipinski definition) is 2. The number of piperidine rings is 1. The van der Waals surface area contributed by atoms with E-state index in [2.05, 4.69) is 15.6 Å². The third kappa shape index (κ3) is 3.87. The predicted molar refractivity (Wildman–Crippen MR) is 88.2 cm³/mol. The topological polar surface area (TPSA) is 67.2 Å². The van der Waals surface area contributed by atoms with Gasteiger partial charge in [0, 0.05) is 11.3 Å². The minimum absolute atomic E-state index is 0. The van der Waals surface area contributed by atoms with Crippen molar-refractivity contribution in [3.63, 3.8) is 0 Å². The molecule has 118 valence electrons. The Labute approximate surface area is 135 Å². The highest BCUT2D eigenvalue weighted by atomic mass is 35.5. The number of oxazole rings is 1. The van der Waals surface area contributed by atoms with Crippen molar-refractivity contribution in [2.45, 2.75) is 32.2 Å². The third-order valence-electron chi connectivity index (χ3n) is 3.62. The lowest BCUT2D eigenvalue weighted by Crippen LogP contribution is -2.43. The van der Waals surface area contributed by atoms with Crippen molar-refractivity contribution in [2.75, 3.05) is 11.9 Å². The molecular formula is C16H20ClN3O2. The van der Waals surface area contributed by atoms with Crippen molar-refractivity contribution in [2.24, 2.45) is 0 Å². The van der Waals surface area contributed by atoms with Gasteiger partial charge in [-0.2, -0.15) is 0 Å². The minimum atomic E-state index is -0.0913. The van der Waals surface area contributed by atoms with E-state index in [9.17, 15) is 4.79 Å². The van der Waals surface area contributed by atoms with Crippen molar-refractivity contribution in [1.82, 2.24) is 10.3 Å². The van der Waals surface area contributed by atoms with E-state index in [0.717, 1.165) is 42.8 Å². The molecule has 1 aliphatic rings. The van der Waals surface area contributed by atoms with Crippen molar-refractivity contribution in [3.05, 3.63) is 36.2 Å². The third-order valence-corrected chi connectivity index (χ3v) is 3.62. The predicted octanol–water partition coefficient (Wildman–Crippen LogP) is 3.15. The molecule has 6 heteroatoms. The molecule has 1 aromatic heterocycles. The molecule has 0 saturated carbocycles. The van der Waals surface area contributed by atoms with Gasteiger partial charge < -0.3 is 15.1 Å². The van der Waals surface area contributed by atoms with E-state index < -0.39 is 0 Å². The monoisotopic (exact) mass is 321 g/mol. The highest BCUT2D eigenvalue weighted by molar-refractivity contribution is 5.95. The Bertz CT molecular complexity index is 636. The molecule has 0 aliphatic carbocycles. The number of anilines is 1. The van der Waals surface area contributed by atoms with Gasteiger partial charge in [-0.1, -0.05) is 12.5 Å². The second-order valence-electron chi connectivity index (χ2n) is 5.37. The number of carbonyl (C=O) groups excluding carboxylic acids is 1. The Kier molecular flexibility index (Phi) is 5.57. The Hall–Kier alpha value is -1.85. The maximum atomic E-state index is 12.2. The zero-order chi connectivity index (χ0) is 14.7. The number of hydrogen-bond acceptors (Lipinski definition) is 4. The maximum Gasteiger partial charge on any atom is 0.241 e. The van der Waals surface area contributed by atoms with Crippen LogP contribution in [0.25, 0.3) is 11.5 Å². The van der Waals surface area contributed by atoms with E-state index in [0.29, 0.717) is 5.89 Å². The van der Waals surface area contributed by atoms with Gasteiger partial charge in [-0.15, -0.1) is 12.4 Å². The number of halogens is 1. The van der Waals surface area contributed by atoms with Gasteiger partial charge in [0.05, 0.1) is 11.7 Å². The van der Waals surface area contributed by atoms with Crippen molar-refractivity contribution < 1.29 is 9.21 Å². The van der Waals surface area contributed by atoms with Crippen LogP contribution in [0.1, 0.15) is 25.0 Å². The lowest BCUT2D eigenvalue weighted by molar-refractivity contribution is -0.118. The van der Waals surface area contributed by atoms with E-state index >= 15 is 0 Å². The average Bonchev–Trinajstić information content (AvgIpc) is 2.95. The van der Waals surface area contributed by atoms with Gasteiger partial charge in [-0.25, -0.2) is 4.98 Å². The van der Waals surface area contributed by atoms with E-state index in [1.165, 1.54) is 0 Å². The number of benzene rings is 1. The number of rotatable bonds is 3. The van der Waals surface area contributed by atoms with Crippen LogP contribution in [0.2, 0.25) is 0 Å². The first kappa shape index (κ1) is 16.5. The summed E-state index contributed by atoms with van der Waals surface area (Å²) < 4.78 is 5.39. The normalized spacial score (nSPS) is 17.6. The number of aryl methyl sites for hydroxylation is 1. The number of carbonyl (C=O) groups is 1. The molecular weight excluding hydrogens is 302 g/mol. The van der Waals surface area contributed by atoms with Gasteiger partial charge in [-0.3, -0.25) is 4.79 Å². The molecule has 22 heavy (non-hydrogen) atoms. The minimum Gasteiger partial charge on any atom is -0.444 e. The fraction of sp³-hybridized carbons (Fsp3) is 0.375. The summed E-state index contributed by atoms with van der Waals surface area (Å²) in [5, 5.41) is 6.20. The molecule has 0 spiro atoms. The van der Waals surface area contributed by atoms with E-state index in [-0.39, 0.29) is 24.4 Å². The van der Waals surface area contributed by atoms with E-state index in [1.54, 1.807) is 6.26 Å². The highest BCUT2D eigenvalue weighted by Crippen LogP contribution is 2.22. The number of amides is 1. The molecule has 1 atom stereocenters. The first-order valence-electron chi connectivity index (χ1n) is 7.29. The van der Waals surface area contributed by atoms with Crippen LogP contribution in [0.4, 0.5) is 5.69 Å². The van der Waals surface area contributed by atoms with Crippen LogP contribution in [0.5, 0.6) is 0 Å². The van der Waals surface area contributed by atoms with Crippen LogP contribution in [0.3, 0.4) is 0 Å². The number of aromatic nitrogens is 1. The molecule has 2 heterocycles. The van der Waals surface area contributed by atoms with Gasteiger partial charge >= 0.3 is 0 Å². The van der Waals surface area contributed by atoms with Crippen molar-refractivity contribution in [1.29, 1.82) is 0 Å². The average molecular weight is 322 g/mol. The zero-order valence-corrected chi connectivity index (χ0v) is 13.3. The van der Waals surface area contributed by atoms with Crippen LogP contribution in [-0.2, 0) is 4.79 Å². The number of nitrogens with zero attached hydrogens (tertiary/aromatic N) is 1. The number of nitrogens with one attached hydrogen (secondary N) is 2. The van der Waals surface area contributed by atoms with Crippen LogP contribution in [0, 0.1) is 6.92 Å². The largest absolute Gasteiger partial charge is 0.444 e. The van der Waals surface area contributed by atoms with Gasteiger partial charge in [-0.05, 0) is 44.5 Å². The molecule has 1 saturated heterocycles. The molecule has 5 nitrogen and oxygen atoms in total. The Morgan fingerprint density at radius 2 is 2.27 bits per heavy atom. The molecule has 0 bridgehead atoms. The summed E-state index contributed by atoms with van der Waals surface area (Å²) in [4.78, 5) is 16.5. The smallest absolute Gasteiger partial charge is 0.241 e. The first-order valence-corrected chi connectivity index (χ1v) is 7.29. The summed E-state index contributed by atoms with van der Waals surface area (Å²) in [6.07, 6.45) is 4.75. The molecule has 3 rings (SSSR count). The van der Waals surface area contributed by atoms with Crippen molar-refractivity contribution >= 4 is 24.0 Å². The zero-order valence-electron chi connectivity index (χ0n) is 12.5. The second kappa shape index (κ2) is 7.42. The van der Waals surface area contributed by atoms with Crippen LogP contribution in [-0.4, -0.2) is 23.5 Å². The van der Waals surface area contributed by atoms with Crippen LogP contribution >= 0.6 is 12.4 Å². The summed E-state index contributed by atoms with van der Waals surface area (Å²) >= 11 is 0. The van der Waals surface area contributed by atoms with Crippen LogP contribution in [0.15, 0.2) is 34.9 Å². The lowest BCUT2D eigenvalue weighted by Gasteiger charge is -2.22. The maximum absolute atomic E-state index is 12.2. The Balaban J connectivity index is 0.00000176. The molecule has 1 aliphatic heterocycles. The van der Waals surface area contributed by atoms with Crippen LogP contribution < -0.4 is 10.6 Å². The molecule has 1 aromatic carbocycles. The summed E-state index contributed by atoms with van der Waals surface area (Å²) in [5.74, 6) is 0.592. The van der Waals surface area contributed by atoms with Crippen molar-refractivity contribution in [3.8, 4) is 11.5 Å². The first-order chi connectivity index (χ1) is 10.2. The summed E-state index contributed by atoms with van der Waals surface area (Å²) in [7, 11) is 0. The van der Waals surface area contributed by atoms with E-state index in [1.807, 2.05) is 31.2 Å². The summed E-state index contributed by atoms with van der Waals surface area (Å²) in [5.41, 5.74) is 2.46. The van der Waals surface area contributed by atoms with Gasteiger partial charge in [0.25, 0.3) is 0 Å². The molecule has 1 unspecified atom stereocenters. The van der Waals surface area contributed by atoms with Gasteiger partial charge in [0.2, 0.25) is 11.8 Å². The van der Waals surface area contributed by atoms with E-state index in [4.69, 9.17) is 4.42 Å². The standard InChI is InChI=1S/C16H19N3O2.ClH/c1-11-10-21-16(18-11)12-5-4-6-13(9-12)19-15(20)14-7-2-3-8-17-14;/h4-6,9-10,14,17H,2-3,7-8H2,1H3,(H,19,20);1H. The van der Waals surface area contributed by atoms with Gasteiger partial charge in [0.15, 0.2) is 0 Å². The Morgan fingerprint density at radius 3 is 2.95 bits per heavy atom. The fourth-order valence-electron chi connectivity index (χ4n) is 2.52. The summed E-state index contributed by atoms with van der Waals surface area (Å²) in [6, 6.07) is 7.47. The Morgan fingerprint density at radius 1 is 1.41 bits per heavy atom. The molecule has 1 amide bonds. The fourth-order valence-corrected chi connectivity index (χ4v) is 2.52. The van der Waals surface area contributed by atoms with Gasteiger partial charge in [0.1, 0.15) is 6.26 Å². The quantitative estimate of drug-likeness (QED) is 0.911.